The van der Waals surface area contributed by atoms with Crippen molar-refractivity contribution >= 4 is 0 Å². The molecule has 0 saturated heterocycles. The minimum absolute atomic E-state index is 0.0651. The van der Waals surface area contributed by atoms with Gasteiger partial charge in [-0.15, -0.1) is 0 Å². The third-order valence-electron chi connectivity index (χ3n) is 3.36. The van der Waals surface area contributed by atoms with E-state index in [0.29, 0.717) is 5.92 Å². The molecule has 3 heteroatoms. The van der Waals surface area contributed by atoms with Crippen molar-refractivity contribution < 1.29 is 10.2 Å². The molecular formula is C11H23NO2. The van der Waals surface area contributed by atoms with Crippen molar-refractivity contribution in [2.75, 3.05) is 6.54 Å². The van der Waals surface area contributed by atoms with Crippen molar-refractivity contribution in [2.45, 2.75) is 57.8 Å². The van der Waals surface area contributed by atoms with Crippen LogP contribution in [0.25, 0.3) is 0 Å². The van der Waals surface area contributed by atoms with Gasteiger partial charge in [0.25, 0.3) is 0 Å². The van der Waals surface area contributed by atoms with Gasteiger partial charge in [-0.05, 0) is 39.5 Å². The summed E-state index contributed by atoms with van der Waals surface area (Å²) in [6.07, 6.45) is 3.02. The Morgan fingerprint density at radius 3 is 2.50 bits per heavy atom. The minimum Gasteiger partial charge on any atom is -0.393 e. The van der Waals surface area contributed by atoms with Gasteiger partial charge in [-0.1, -0.05) is 6.42 Å². The number of nitrogens with one attached hydrogen (secondary N) is 1. The molecule has 1 rings (SSSR count). The topological polar surface area (TPSA) is 52.5 Å². The van der Waals surface area contributed by atoms with Crippen LogP contribution in [0.5, 0.6) is 0 Å². The van der Waals surface area contributed by atoms with Crippen molar-refractivity contribution in [3.8, 4) is 0 Å². The Labute approximate surface area is 86.5 Å². The number of hydrogen-bond donors (Lipinski definition) is 3. The smallest absolute Gasteiger partial charge is 0.0741 e. The maximum Gasteiger partial charge on any atom is 0.0741 e. The minimum atomic E-state index is -0.691. The van der Waals surface area contributed by atoms with E-state index >= 15 is 0 Å². The van der Waals surface area contributed by atoms with E-state index < -0.39 is 5.60 Å². The van der Waals surface area contributed by atoms with Gasteiger partial charge in [0.2, 0.25) is 0 Å². The number of aliphatic hydroxyl groups is 2. The van der Waals surface area contributed by atoms with Crippen LogP contribution in [-0.4, -0.2) is 34.5 Å². The Morgan fingerprint density at radius 1 is 1.43 bits per heavy atom. The molecule has 1 aliphatic carbocycles. The van der Waals surface area contributed by atoms with E-state index in [4.69, 9.17) is 0 Å². The lowest BCUT2D eigenvalue weighted by atomic mass is 9.99. The predicted molar refractivity (Wildman–Crippen MR) is 57.1 cm³/mol. The molecule has 14 heavy (non-hydrogen) atoms. The second-order valence-corrected chi connectivity index (χ2v) is 5.04. The number of hydrogen-bond acceptors (Lipinski definition) is 3. The van der Waals surface area contributed by atoms with Crippen molar-refractivity contribution in [1.29, 1.82) is 0 Å². The molecule has 1 fully saturated rings. The standard InChI is InChI=1S/C11H23NO2/c1-8(11(2,3)14)12-7-9-5-4-6-10(9)13/h8-10,12-14H,4-7H2,1-3H3. The summed E-state index contributed by atoms with van der Waals surface area (Å²) in [5.41, 5.74) is -0.691. The quantitative estimate of drug-likeness (QED) is 0.633. The van der Waals surface area contributed by atoms with E-state index in [2.05, 4.69) is 5.32 Å². The molecule has 3 N–H and O–H groups in total. The Kier molecular flexibility index (Phi) is 3.93. The molecule has 1 aliphatic rings. The lowest BCUT2D eigenvalue weighted by molar-refractivity contribution is 0.0392. The first-order valence-corrected chi connectivity index (χ1v) is 5.55. The first-order valence-electron chi connectivity index (χ1n) is 5.55. The van der Waals surface area contributed by atoms with Gasteiger partial charge in [0.15, 0.2) is 0 Å². The van der Waals surface area contributed by atoms with Gasteiger partial charge in [0.1, 0.15) is 0 Å². The summed E-state index contributed by atoms with van der Waals surface area (Å²) in [5, 5.41) is 22.6. The van der Waals surface area contributed by atoms with Crippen LogP contribution in [0.15, 0.2) is 0 Å². The van der Waals surface area contributed by atoms with Crippen molar-refractivity contribution in [1.82, 2.24) is 5.32 Å². The zero-order valence-electron chi connectivity index (χ0n) is 9.45. The van der Waals surface area contributed by atoms with Crippen LogP contribution in [0.2, 0.25) is 0 Å². The number of rotatable bonds is 4. The maximum absolute atomic E-state index is 9.70. The van der Waals surface area contributed by atoms with E-state index in [9.17, 15) is 10.2 Å². The molecule has 3 nitrogen and oxygen atoms in total. The Morgan fingerprint density at radius 2 is 2.07 bits per heavy atom. The van der Waals surface area contributed by atoms with Crippen molar-refractivity contribution in [3.05, 3.63) is 0 Å². The van der Waals surface area contributed by atoms with E-state index in [1.54, 1.807) is 13.8 Å². The molecular weight excluding hydrogens is 178 g/mol. The summed E-state index contributed by atoms with van der Waals surface area (Å²) in [7, 11) is 0. The highest BCUT2D eigenvalue weighted by molar-refractivity contribution is 4.84. The molecule has 0 amide bonds. The monoisotopic (exact) mass is 201 g/mol. The third-order valence-corrected chi connectivity index (χ3v) is 3.36. The van der Waals surface area contributed by atoms with Crippen LogP contribution in [0.3, 0.4) is 0 Å². The second-order valence-electron chi connectivity index (χ2n) is 5.04. The summed E-state index contributed by atoms with van der Waals surface area (Å²) in [6.45, 7) is 6.39. The highest BCUT2D eigenvalue weighted by Crippen LogP contribution is 2.25. The van der Waals surface area contributed by atoms with Crippen molar-refractivity contribution in [2.24, 2.45) is 5.92 Å². The molecule has 84 valence electrons. The molecule has 0 spiro atoms. The highest BCUT2D eigenvalue weighted by Gasteiger charge is 2.27. The van der Waals surface area contributed by atoms with Gasteiger partial charge in [-0.2, -0.15) is 0 Å². The summed E-state index contributed by atoms with van der Waals surface area (Å²) in [5.74, 6) is 0.375. The van der Waals surface area contributed by atoms with E-state index in [-0.39, 0.29) is 12.1 Å². The fourth-order valence-corrected chi connectivity index (χ4v) is 1.83. The lowest BCUT2D eigenvalue weighted by Gasteiger charge is -2.28. The normalized spacial score (nSPS) is 30.6. The molecule has 0 aromatic carbocycles. The Bertz CT molecular complexity index is 175. The summed E-state index contributed by atoms with van der Waals surface area (Å²) >= 11 is 0. The number of aliphatic hydroxyl groups excluding tert-OH is 1. The SMILES string of the molecule is CC(NCC1CCCC1O)C(C)(C)O. The predicted octanol–water partition coefficient (Wildman–Crippen LogP) is 0.896. The fraction of sp³-hybridized carbons (Fsp3) is 1.00. The first-order chi connectivity index (χ1) is 6.41. The first kappa shape index (κ1) is 12.0. The summed E-state index contributed by atoms with van der Waals surface area (Å²) in [4.78, 5) is 0. The molecule has 0 aliphatic heterocycles. The van der Waals surface area contributed by atoms with Gasteiger partial charge in [0, 0.05) is 12.6 Å². The van der Waals surface area contributed by atoms with Gasteiger partial charge < -0.3 is 15.5 Å². The average Bonchev–Trinajstić information content (AvgIpc) is 2.45. The van der Waals surface area contributed by atoms with E-state index in [1.165, 1.54) is 0 Å². The summed E-state index contributed by atoms with van der Waals surface area (Å²) in [6, 6.07) is 0.0651. The average molecular weight is 201 g/mol. The van der Waals surface area contributed by atoms with Crippen LogP contribution in [0.4, 0.5) is 0 Å². The Balaban J connectivity index is 2.26. The third kappa shape index (κ3) is 3.23. The molecule has 3 unspecified atom stereocenters. The van der Waals surface area contributed by atoms with Gasteiger partial charge in [-0.25, -0.2) is 0 Å². The lowest BCUT2D eigenvalue weighted by Crippen LogP contribution is -2.46. The summed E-state index contributed by atoms with van der Waals surface area (Å²) < 4.78 is 0. The largest absolute Gasteiger partial charge is 0.393 e. The molecule has 0 bridgehead atoms. The van der Waals surface area contributed by atoms with Crippen LogP contribution < -0.4 is 5.32 Å². The zero-order valence-corrected chi connectivity index (χ0v) is 9.45. The zero-order chi connectivity index (χ0) is 10.8. The van der Waals surface area contributed by atoms with Gasteiger partial charge in [0.05, 0.1) is 11.7 Å². The second kappa shape index (κ2) is 4.60. The van der Waals surface area contributed by atoms with Crippen LogP contribution in [-0.2, 0) is 0 Å². The van der Waals surface area contributed by atoms with E-state index in [1.807, 2.05) is 6.92 Å². The van der Waals surface area contributed by atoms with Crippen LogP contribution in [0.1, 0.15) is 40.0 Å². The van der Waals surface area contributed by atoms with Crippen LogP contribution in [0, 0.1) is 5.92 Å². The molecule has 0 radical (unpaired) electrons. The molecule has 0 heterocycles. The molecule has 0 aromatic heterocycles. The molecule has 3 atom stereocenters. The van der Waals surface area contributed by atoms with Gasteiger partial charge >= 0.3 is 0 Å². The van der Waals surface area contributed by atoms with E-state index in [0.717, 1.165) is 25.8 Å². The fourth-order valence-electron chi connectivity index (χ4n) is 1.83. The maximum atomic E-state index is 9.70. The van der Waals surface area contributed by atoms with Crippen molar-refractivity contribution in [3.63, 3.8) is 0 Å². The van der Waals surface area contributed by atoms with Gasteiger partial charge in [-0.3, -0.25) is 0 Å². The highest BCUT2D eigenvalue weighted by atomic mass is 16.3. The molecule has 1 saturated carbocycles. The molecule has 0 aromatic rings. The Hall–Kier alpha value is -0.120. The van der Waals surface area contributed by atoms with Crippen LogP contribution >= 0.6 is 0 Å².